The molecule has 0 amide bonds. The van der Waals surface area contributed by atoms with Gasteiger partial charge in [-0.05, 0) is 29.8 Å². The fourth-order valence-electron chi connectivity index (χ4n) is 1.31. The Hall–Kier alpha value is -1.05. The van der Waals surface area contributed by atoms with E-state index in [0.29, 0.717) is 10.6 Å². The molecule has 15 heavy (non-hydrogen) atoms. The summed E-state index contributed by atoms with van der Waals surface area (Å²) in [5.41, 5.74) is 1.28. The third kappa shape index (κ3) is 2.14. The molecule has 0 aliphatic heterocycles. The highest BCUT2D eigenvalue weighted by Gasteiger charge is 2.07. The van der Waals surface area contributed by atoms with Crippen LogP contribution in [0.1, 0.15) is 0 Å². The Morgan fingerprint density at radius 1 is 1.13 bits per heavy atom. The van der Waals surface area contributed by atoms with Crippen LogP contribution in [0.5, 0.6) is 0 Å². The first-order chi connectivity index (χ1) is 7.18. The van der Waals surface area contributed by atoms with Gasteiger partial charge in [-0.25, -0.2) is 4.39 Å². The second-order valence-electron chi connectivity index (χ2n) is 3.02. The Balaban J connectivity index is 2.59. The van der Waals surface area contributed by atoms with Crippen molar-refractivity contribution in [1.29, 1.82) is 0 Å². The second kappa shape index (κ2) is 4.21. The van der Waals surface area contributed by atoms with Crippen LogP contribution in [0, 0.1) is 11.9 Å². The van der Waals surface area contributed by atoms with Crippen LogP contribution < -0.4 is 0 Å². The van der Waals surface area contributed by atoms with Crippen LogP contribution in [0.2, 0.25) is 10.0 Å². The average molecular weight is 240 g/mol. The molecule has 0 atom stereocenters. The quantitative estimate of drug-likeness (QED) is 0.683. The van der Waals surface area contributed by atoms with Crippen LogP contribution >= 0.6 is 23.2 Å². The zero-order chi connectivity index (χ0) is 10.8. The Bertz CT molecular complexity index is 495. The average Bonchev–Trinajstić information content (AvgIpc) is 2.22. The van der Waals surface area contributed by atoms with E-state index in [4.69, 9.17) is 23.2 Å². The van der Waals surface area contributed by atoms with Gasteiger partial charge in [0.05, 0.1) is 5.02 Å². The van der Waals surface area contributed by atoms with Crippen LogP contribution in [0.3, 0.4) is 0 Å². The van der Waals surface area contributed by atoms with E-state index in [1.807, 2.05) is 6.07 Å². The molecular formula is C12H6Cl2F. The Morgan fingerprint density at radius 3 is 2.67 bits per heavy atom. The van der Waals surface area contributed by atoms with Gasteiger partial charge in [0.25, 0.3) is 0 Å². The van der Waals surface area contributed by atoms with Crippen LogP contribution in [0.15, 0.2) is 36.4 Å². The minimum atomic E-state index is -0.453. The second-order valence-corrected chi connectivity index (χ2v) is 3.84. The summed E-state index contributed by atoms with van der Waals surface area (Å²) in [5, 5.41) is 0.654. The SMILES string of the molecule is Fc1cc[c]c(-c2cccc(Cl)c2)c1Cl. The van der Waals surface area contributed by atoms with Crippen LogP contribution in [-0.4, -0.2) is 0 Å². The maximum absolute atomic E-state index is 13.2. The molecule has 3 heteroatoms. The molecule has 2 rings (SSSR count). The van der Waals surface area contributed by atoms with Crippen molar-refractivity contribution < 1.29 is 4.39 Å². The number of benzene rings is 2. The first-order valence-corrected chi connectivity index (χ1v) is 5.05. The molecule has 0 heterocycles. The molecule has 2 aromatic rings. The molecule has 0 saturated carbocycles. The fraction of sp³-hybridized carbons (Fsp3) is 0. The lowest BCUT2D eigenvalue weighted by Gasteiger charge is -2.04. The molecule has 75 valence electrons. The van der Waals surface area contributed by atoms with Gasteiger partial charge in [0.15, 0.2) is 0 Å². The normalized spacial score (nSPS) is 10.3. The Labute approximate surface area is 97.3 Å². The van der Waals surface area contributed by atoms with Crippen molar-refractivity contribution in [1.82, 2.24) is 0 Å². The van der Waals surface area contributed by atoms with Crippen molar-refractivity contribution in [3.8, 4) is 11.1 Å². The number of hydrogen-bond donors (Lipinski definition) is 0. The van der Waals surface area contributed by atoms with E-state index in [0.717, 1.165) is 5.56 Å². The zero-order valence-electron chi connectivity index (χ0n) is 7.60. The van der Waals surface area contributed by atoms with E-state index in [2.05, 4.69) is 6.07 Å². The van der Waals surface area contributed by atoms with Crippen LogP contribution in [-0.2, 0) is 0 Å². The van der Waals surface area contributed by atoms with Crippen molar-refractivity contribution >= 4 is 23.2 Å². The lowest BCUT2D eigenvalue weighted by molar-refractivity contribution is 0.628. The molecule has 0 aliphatic rings. The lowest BCUT2D eigenvalue weighted by atomic mass is 10.1. The minimum absolute atomic E-state index is 0.0692. The van der Waals surface area contributed by atoms with Crippen molar-refractivity contribution in [2.75, 3.05) is 0 Å². The van der Waals surface area contributed by atoms with E-state index >= 15 is 0 Å². The highest BCUT2D eigenvalue weighted by Crippen LogP contribution is 2.30. The van der Waals surface area contributed by atoms with Gasteiger partial charge in [0.2, 0.25) is 0 Å². The Morgan fingerprint density at radius 2 is 1.93 bits per heavy atom. The molecule has 2 aromatic carbocycles. The van der Waals surface area contributed by atoms with E-state index in [9.17, 15) is 4.39 Å². The molecule has 0 bridgehead atoms. The van der Waals surface area contributed by atoms with Gasteiger partial charge in [-0.15, -0.1) is 0 Å². The predicted octanol–water partition coefficient (Wildman–Crippen LogP) is 4.60. The summed E-state index contributed by atoms with van der Waals surface area (Å²) in [4.78, 5) is 0. The summed E-state index contributed by atoms with van der Waals surface area (Å²) in [6.07, 6.45) is 0. The van der Waals surface area contributed by atoms with Gasteiger partial charge in [0, 0.05) is 10.6 Å². The molecule has 1 radical (unpaired) electrons. The van der Waals surface area contributed by atoms with Gasteiger partial charge >= 0.3 is 0 Å². The van der Waals surface area contributed by atoms with Gasteiger partial charge in [-0.2, -0.15) is 0 Å². The highest BCUT2D eigenvalue weighted by atomic mass is 35.5. The van der Waals surface area contributed by atoms with E-state index in [1.165, 1.54) is 12.1 Å². The van der Waals surface area contributed by atoms with Gasteiger partial charge in [-0.1, -0.05) is 41.4 Å². The van der Waals surface area contributed by atoms with E-state index in [-0.39, 0.29) is 5.02 Å². The highest BCUT2D eigenvalue weighted by molar-refractivity contribution is 6.34. The third-order valence-corrected chi connectivity index (χ3v) is 2.60. The molecule has 0 fully saturated rings. The van der Waals surface area contributed by atoms with Crippen LogP contribution in [0.25, 0.3) is 11.1 Å². The lowest BCUT2D eigenvalue weighted by Crippen LogP contribution is -1.83. The van der Waals surface area contributed by atoms with Crippen molar-refractivity contribution in [3.05, 3.63) is 58.3 Å². The Kier molecular flexibility index (Phi) is 2.94. The minimum Gasteiger partial charge on any atom is -0.205 e. The molecule has 0 N–H and O–H groups in total. The number of halogens is 3. The zero-order valence-corrected chi connectivity index (χ0v) is 9.11. The van der Waals surface area contributed by atoms with Gasteiger partial charge in [-0.3, -0.25) is 0 Å². The molecule has 0 aliphatic carbocycles. The molecule has 0 saturated heterocycles. The summed E-state index contributed by atoms with van der Waals surface area (Å²) in [6.45, 7) is 0. The maximum atomic E-state index is 13.2. The first-order valence-electron chi connectivity index (χ1n) is 4.30. The summed E-state index contributed by atoms with van der Waals surface area (Å²) in [6, 6.07) is 12.7. The number of rotatable bonds is 1. The summed E-state index contributed by atoms with van der Waals surface area (Å²) in [5.74, 6) is -0.453. The maximum Gasteiger partial charge on any atom is 0.142 e. The summed E-state index contributed by atoms with van der Waals surface area (Å²) >= 11 is 11.7. The standard InChI is InChI=1S/C12H6Cl2F/c13-9-4-1-3-8(7-9)10-5-2-6-11(15)12(10)14/h1-4,6-7H. The largest absolute Gasteiger partial charge is 0.205 e. The molecule has 0 nitrogen and oxygen atoms in total. The monoisotopic (exact) mass is 239 g/mol. The van der Waals surface area contributed by atoms with Crippen molar-refractivity contribution in [2.45, 2.75) is 0 Å². The third-order valence-electron chi connectivity index (χ3n) is 2.00. The van der Waals surface area contributed by atoms with Crippen molar-refractivity contribution in [2.24, 2.45) is 0 Å². The molecular weight excluding hydrogens is 234 g/mol. The molecule has 0 spiro atoms. The topological polar surface area (TPSA) is 0 Å². The van der Waals surface area contributed by atoms with Crippen molar-refractivity contribution in [3.63, 3.8) is 0 Å². The summed E-state index contributed by atoms with van der Waals surface area (Å²) in [7, 11) is 0. The predicted molar refractivity (Wildman–Crippen MR) is 60.7 cm³/mol. The number of hydrogen-bond acceptors (Lipinski definition) is 0. The first kappa shape index (κ1) is 10.5. The summed E-state index contributed by atoms with van der Waals surface area (Å²) < 4.78 is 13.2. The molecule has 0 aromatic heterocycles. The fourth-order valence-corrected chi connectivity index (χ4v) is 1.73. The van der Waals surface area contributed by atoms with E-state index in [1.54, 1.807) is 18.2 Å². The van der Waals surface area contributed by atoms with Crippen LogP contribution in [0.4, 0.5) is 4.39 Å². The van der Waals surface area contributed by atoms with E-state index < -0.39 is 5.82 Å². The van der Waals surface area contributed by atoms with Gasteiger partial charge in [0.1, 0.15) is 5.82 Å². The smallest absolute Gasteiger partial charge is 0.142 e. The van der Waals surface area contributed by atoms with Gasteiger partial charge < -0.3 is 0 Å². The molecule has 0 unspecified atom stereocenters.